The number of aromatic amines is 1. The van der Waals surface area contributed by atoms with Crippen LogP contribution in [0.4, 0.5) is 5.95 Å². The van der Waals surface area contributed by atoms with E-state index in [1.54, 1.807) is 0 Å². The van der Waals surface area contributed by atoms with E-state index in [0.717, 1.165) is 61.6 Å². The maximum absolute atomic E-state index is 12.2. The van der Waals surface area contributed by atoms with Crippen LogP contribution in [0.2, 0.25) is 0 Å². The van der Waals surface area contributed by atoms with Gasteiger partial charge in [-0.05, 0) is 81.6 Å². The molecule has 2 aromatic rings. The van der Waals surface area contributed by atoms with Gasteiger partial charge in [0.15, 0.2) is 0 Å². The summed E-state index contributed by atoms with van der Waals surface area (Å²) in [5, 5.41) is 3.24. The molecule has 6 heteroatoms. The van der Waals surface area contributed by atoms with Crippen molar-refractivity contribution in [2.24, 2.45) is 5.92 Å². The van der Waals surface area contributed by atoms with E-state index >= 15 is 0 Å². The maximum atomic E-state index is 12.2. The van der Waals surface area contributed by atoms with Gasteiger partial charge in [-0.3, -0.25) is 14.7 Å². The summed E-state index contributed by atoms with van der Waals surface area (Å²) in [7, 11) is 0. The highest BCUT2D eigenvalue weighted by atomic mass is 16.5. The third-order valence-corrected chi connectivity index (χ3v) is 6.25. The third-order valence-electron chi connectivity index (χ3n) is 6.25. The van der Waals surface area contributed by atoms with Crippen LogP contribution >= 0.6 is 0 Å². The molecule has 0 spiro atoms. The van der Waals surface area contributed by atoms with Crippen molar-refractivity contribution in [3.63, 3.8) is 0 Å². The fraction of sp³-hybridized carbons (Fsp3) is 0.583. The lowest BCUT2D eigenvalue weighted by Crippen LogP contribution is -2.32. The highest BCUT2D eigenvalue weighted by Crippen LogP contribution is 2.20. The molecule has 162 valence electrons. The molecule has 1 fully saturated rings. The predicted molar refractivity (Wildman–Crippen MR) is 120 cm³/mol. The fourth-order valence-corrected chi connectivity index (χ4v) is 4.37. The van der Waals surface area contributed by atoms with Gasteiger partial charge in [0.1, 0.15) is 5.75 Å². The number of ether oxygens (including phenoxy) is 1. The number of nitrogens with one attached hydrogen (secondary N) is 2. The second-order valence-corrected chi connectivity index (χ2v) is 8.78. The molecule has 0 atom stereocenters. The van der Waals surface area contributed by atoms with Gasteiger partial charge in [-0.2, -0.15) is 0 Å². The van der Waals surface area contributed by atoms with Crippen LogP contribution in [0.3, 0.4) is 0 Å². The van der Waals surface area contributed by atoms with Crippen LogP contribution in [0, 0.1) is 5.92 Å². The van der Waals surface area contributed by atoms with Crippen molar-refractivity contribution in [2.75, 3.05) is 31.6 Å². The van der Waals surface area contributed by atoms with Crippen LogP contribution < -0.4 is 15.6 Å². The van der Waals surface area contributed by atoms with Gasteiger partial charge in [-0.15, -0.1) is 0 Å². The summed E-state index contributed by atoms with van der Waals surface area (Å²) in [6.45, 7) is 7.08. The standard InChI is InChI=1S/C24H34N4O2/c1-18-10-13-28(14-11-18)17-19-6-4-7-20(16-19)30-15-5-12-25-24-26-22-9-3-2-8-21(22)23(29)27-24/h4,6-7,16,18H,2-3,5,8-15,17H2,1H3,(H2,25,26,27,29). The smallest absolute Gasteiger partial charge is 0.255 e. The molecule has 1 aromatic carbocycles. The molecule has 0 bridgehead atoms. The number of rotatable bonds is 8. The van der Waals surface area contributed by atoms with Gasteiger partial charge in [0.25, 0.3) is 5.56 Å². The quantitative estimate of drug-likeness (QED) is 0.649. The lowest BCUT2D eigenvalue weighted by Gasteiger charge is -2.30. The van der Waals surface area contributed by atoms with Gasteiger partial charge in [-0.1, -0.05) is 19.1 Å². The number of benzene rings is 1. The molecule has 1 aliphatic heterocycles. The number of anilines is 1. The number of aromatic nitrogens is 2. The van der Waals surface area contributed by atoms with Crippen molar-refractivity contribution >= 4 is 5.95 Å². The summed E-state index contributed by atoms with van der Waals surface area (Å²) >= 11 is 0. The fourth-order valence-electron chi connectivity index (χ4n) is 4.37. The minimum absolute atomic E-state index is 0.0124. The number of nitrogens with zero attached hydrogens (tertiary/aromatic N) is 2. The van der Waals surface area contributed by atoms with Crippen molar-refractivity contribution in [3.8, 4) is 5.75 Å². The van der Waals surface area contributed by atoms with Gasteiger partial charge in [-0.25, -0.2) is 4.98 Å². The van der Waals surface area contributed by atoms with Crippen molar-refractivity contribution < 1.29 is 4.74 Å². The van der Waals surface area contributed by atoms with Gasteiger partial charge in [0, 0.05) is 18.7 Å². The molecule has 4 rings (SSSR count). The molecule has 1 aromatic heterocycles. The van der Waals surface area contributed by atoms with E-state index in [4.69, 9.17) is 4.74 Å². The SMILES string of the molecule is CC1CCN(Cc2cccc(OCCCNc3nc4c(c(=O)[nH]3)CCCC4)c2)CC1. The van der Waals surface area contributed by atoms with E-state index in [0.29, 0.717) is 19.1 Å². The first-order valence-electron chi connectivity index (χ1n) is 11.5. The minimum Gasteiger partial charge on any atom is -0.494 e. The molecular weight excluding hydrogens is 376 g/mol. The first-order valence-corrected chi connectivity index (χ1v) is 11.5. The van der Waals surface area contributed by atoms with Crippen LogP contribution in [0.1, 0.15) is 55.8 Å². The van der Waals surface area contributed by atoms with Gasteiger partial charge in [0.05, 0.1) is 12.3 Å². The minimum atomic E-state index is 0.0124. The number of fused-ring (bicyclic) bond motifs is 1. The van der Waals surface area contributed by atoms with Crippen LogP contribution in [0.25, 0.3) is 0 Å². The first-order chi connectivity index (χ1) is 14.7. The number of likely N-dealkylation sites (tertiary alicyclic amines) is 1. The zero-order valence-corrected chi connectivity index (χ0v) is 18.1. The van der Waals surface area contributed by atoms with E-state index in [1.165, 1.54) is 31.5 Å². The van der Waals surface area contributed by atoms with Crippen molar-refractivity contribution in [1.29, 1.82) is 0 Å². The average Bonchev–Trinajstić information content (AvgIpc) is 2.76. The Morgan fingerprint density at radius 1 is 1.23 bits per heavy atom. The largest absolute Gasteiger partial charge is 0.494 e. The Morgan fingerprint density at radius 3 is 2.93 bits per heavy atom. The highest BCUT2D eigenvalue weighted by Gasteiger charge is 2.16. The number of piperidine rings is 1. The van der Waals surface area contributed by atoms with Crippen LogP contribution in [0.15, 0.2) is 29.1 Å². The average molecular weight is 411 g/mol. The molecule has 30 heavy (non-hydrogen) atoms. The second kappa shape index (κ2) is 10.1. The predicted octanol–water partition coefficient (Wildman–Crippen LogP) is 3.76. The molecule has 2 heterocycles. The van der Waals surface area contributed by atoms with E-state index in [-0.39, 0.29) is 5.56 Å². The highest BCUT2D eigenvalue weighted by molar-refractivity contribution is 5.31. The van der Waals surface area contributed by atoms with E-state index in [9.17, 15) is 4.79 Å². The molecule has 0 amide bonds. The number of hydrogen-bond acceptors (Lipinski definition) is 5. The Labute approximate surface area is 179 Å². The Hall–Kier alpha value is -2.34. The monoisotopic (exact) mass is 410 g/mol. The van der Waals surface area contributed by atoms with Crippen molar-refractivity contribution in [3.05, 3.63) is 51.4 Å². The zero-order chi connectivity index (χ0) is 20.8. The van der Waals surface area contributed by atoms with Crippen LogP contribution in [-0.4, -0.2) is 41.1 Å². The van der Waals surface area contributed by atoms with Crippen LogP contribution in [0.5, 0.6) is 5.75 Å². The summed E-state index contributed by atoms with van der Waals surface area (Å²) in [5.74, 6) is 2.37. The van der Waals surface area contributed by atoms with Crippen molar-refractivity contribution in [1.82, 2.24) is 14.9 Å². The molecule has 2 N–H and O–H groups in total. The summed E-state index contributed by atoms with van der Waals surface area (Å²) in [6.07, 6.45) is 7.40. The van der Waals surface area contributed by atoms with E-state index in [2.05, 4.69) is 45.3 Å². The van der Waals surface area contributed by atoms with Crippen molar-refractivity contribution in [2.45, 2.75) is 58.4 Å². The molecule has 6 nitrogen and oxygen atoms in total. The molecule has 0 saturated carbocycles. The maximum Gasteiger partial charge on any atom is 0.255 e. The lowest BCUT2D eigenvalue weighted by molar-refractivity contribution is 0.185. The summed E-state index contributed by atoms with van der Waals surface area (Å²) in [5.41, 5.74) is 3.16. The summed E-state index contributed by atoms with van der Waals surface area (Å²) in [4.78, 5) is 22.2. The summed E-state index contributed by atoms with van der Waals surface area (Å²) in [6, 6.07) is 8.45. The van der Waals surface area contributed by atoms with Gasteiger partial charge >= 0.3 is 0 Å². The Kier molecular flexibility index (Phi) is 7.05. The number of H-pyrrole nitrogens is 1. The lowest BCUT2D eigenvalue weighted by atomic mass is 9.97. The second-order valence-electron chi connectivity index (χ2n) is 8.78. The normalized spacial score (nSPS) is 17.5. The Bertz CT molecular complexity index is 887. The van der Waals surface area contributed by atoms with Gasteiger partial charge in [0.2, 0.25) is 5.95 Å². The molecule has 2 aliphatic rings. The van der Waals surface area contributed by atoms with Crippen LogP contribution in [-0.2, 0) is 19.4 Å². The first kappa shape index (κ1) is 20.9. The van der Waals surface area contributed by atoms with E-state index < -0.39 is 0 Å². The Balaban J connectivity index is 1.20. The number of hydrogen-bond donors (Lipinski definition) is 2. The van der Waals surface area contributed by atoms with E-state index in [1.807, 2.05) is 6.07 Å². The molecular formula is C24H34N4O2. The topological polar surface area (TPSA) is 70.2 Å². The molecule has 0 radical (unpaired) electrons. The molecule has 1 saturated heterocycles. The third kappa shape index (κ3) is 5.63. The zero-order valence-electron chi connectivity index (χ0n) is 18.1. The number of aryl methyl sites for hydroxylation is 1. The molecule has 0 unspecified atom stereocenters. The molecule has 1 aliphatic carbocycles. The Morgan fingerprint density at radius 2 is 2.07 bits per heavy atom. The summed E-state index contributed by atoms with van der Waals surface area (Å²) < 4.78 is 5.95. The van der Waals surface area contributed by atoms with Gasteiger partial charge < -0.3 is 10.1 Å².